The number of thiocarbonyl (C=S) groups is 1. The fourth-order valence-corrected chi connectivity index (χ4v) is 3.61. The van der Waals surface area contributed by atoms with Crippen molar-refractivity contribution < 1.29 is 0 Å². The Morgan fingerprint density at radius 2 is 1.87 bits per heavy atom. The lowest BCUT2D eigenvalue weighted by atomic mass is 9.96. The van der Waals surface area contributed by atoms with E-state index in [9.17, 15) is 0 Å². The van der Waals surface area contributed by atoms with Gasteiger partial charge < -0.3 is 10.6 Å². The molecule has 0 spiro atoms. The third kappa shape index (κ3) is 4.49. The Morgan fingerprint density at radius 1 is 1.06 bits per heavy atom. The van der Waals surface area contributed by atoms with Crippen LogP contribution in [0.4, 0.5) is 5.82 Å². The average molecular weight is 430 g/mol. The van der Waals surface area contributed by atoms with Crippen LogP contribution in [0.25, 0.3) is 22.2 Å². The lowest BCUT2D eigenvalue weighted by Crippen LogP contribution is -2.17. The first-order chi connectivity index (χ1) is 15.1. The van der Waals surface area contributed by atoms with Crippen molar-refractivity contribution in [3.8, 4) is 11.3 Å². The Hall–Kier alpha value is -3.52. The second-order valence-electron chi connectivity index (χ2n) is 7.27. The number of hydrogen-bond donors (Lipinski definition) is 2. The number of aryl methyl sites for hydroxylation is 1. The van der Waals surface area contributed by atoms with Gasteiger partial charge in [0.2, 0.25) is 0 Å². The van der Waals surface area contributed by atoms with Crippen LogP contribution in [0.1, 0.15) is 29.8 Å². The van der Waals surface area contributed by atoms with E-state index in [0.717, 1.165) is 44.9 Å². The van der Waals surface area contributed by atoms with Crippen LogP contribution in [0.15, 0.2) is 55.2 Å². The van der Waals surface area contributed by atoms with Crippen LogP contribution in [0.3, 0.4) is 0 Å². The molecular formula is C23H23N7S. The van der Waals surface area contributed by atoms with Gasteiger partial charge in [-0.05, 0) is 18.6 Å². The lowest BCUT2D eigenvalue weighted by Gasteiger charge is -2.17. The van der Waals surface area contributed by atoms with E-state index in [1.54, 1.807) is 18.7 Å². The van der Waals surface area contributed by atoms with Crippen LogP contribution in [-0.4, -0.2) is 43.5 Å². The molecule has 0 fully saturated rings. The molecule has 1 atom stereocenters. The zero-order chi connectivity index (χ0) is 21.8. The van der Waals surface area contributed by atoms with Crippen LogP contribution in [0, 0.1) is 6.92 Å². The molecule has 4 rings (SSSR count). The SMILES string of the molecule is CNC(=S)c1ccnc2c([C@@H](C)CNc3cc(-c4cnc(C)nc4)ncn3)cccc12. The van der Waals surface area contributed by atoms with Crippen molar-refractivity contribution in [1.29, 1.82) is 0 Å². The summed E-state index contributed by atoms with van der Waals surface area (Å²) >= 11 is 5.46. The normalized spacial score (nSPS) is 11.8. The molecule has 156 valence electrons. The Labute approximate surface area is 186 Å². The summed E-state index contributed by atoms with van der Waals surface area (Å²) in [5, 5.41) is 7.53. The number of hydrogen-bond acceptors (Lipinski definition) is 7. The van der Waals surface area contributed by atoms with Crippen LogP contribution in [-0.2, 0) is 0 Å². The van der Waals surface area contributed by atoms with Gasteiger partial charge in [-0.3, -0.25) is 4.98 Å². The van der Waals surface area contributed by atoms with Crippen molar-refractivity contribution in [2.45, 2.75) is 19.8 Å². The van der Waals surface area contributed by atoms with Gasteiger partial charge in [0.15, 0.2) is 0 Å². The van der Waals surface area contributed by atoms with Crippen LogP contribution >= 0.6 is 12.2 Å². The number of nitrogens with zero attached hydrogens (tertiary/aromatic N) is 5. The Bertz CT molecular complexity index is 1220. The number of pyridine rings is 1. The highest BCUT2D eigenvalue weighted by Crippen LogP contribution is 2.27. The van der Waals surface area contributed by atoms with Gasteiger partial charge in [0, 0.05) is 60.7 Å². The largest absolute Gasteiger partial charge is 0.379 e. The number of para-hydroxylation sites is 1. The molecule has 0 radical (unpaired) electrons. The maximum atomic E-state index is 5.46. The second kappa shape index (κ2) is 9.09. The predicted octanol–water partition coefficient (Wildman–Crippen LogP) is 3.90. The van der Waals surface area contributed by atoms with Gasteiger partial charge >= 0.3 is 0 Å². The quantitative estimate of drug-likeness (QED) is 0.446. The number of nitrogens with one attached hydrogen (secondary N) is 2. The summed E-state index contributed by atoms with van der Waals surface area (Å²) in [5.74, 6) is 1.69. The Balaban J connectivity index is 1.55. The zero-order valence-electron chi connectivity index (χ0n) is 17.6. The zero-order valence-corrected chi connectivity index (χ0v) is 18.4. The van der Waals surface area contributed by atoms with E-state index >= 15 is 0 Å². The number of anilines is 1. The molecule has 0 unspecified atom stereocenters. The first-order valence-electron chi connectivity index (χ1n) is 10.0. The van der Waals surface area contributed by atoms with E-state index in [-0.39, 0.29) is 5.92 Å². The summed E-state index contributed by atoms with van der Waals surface area (Å²) in [6.07, 6.45) is 6.90. The minimum absolute atomic E-state index is 0.204. The topological polar surface area (TPSA) is 88.5 Å². The molecule has 0 aliphatic carbocycles. The second-order valence-corrected chi connectivity index (χ2v) is 7.68. The highest BCUT2D eigenvalue weighted by Gasteiger charge is 2.14. The summed E-state index contributed by atoms with van der Waals surface area (Å²) in [6.45, 7) is 4.72. The van der Waals surface area contributed by atoms with Crippen LogP contribution < -0.4 is 10.6 Å². The molecule has 0 saturated heterocycles. The summed E-state index contributed by atoms with van der Waals surface area (Å²) < 4.78 is 0. The number of benzene rings is 1. The summed E-state index contributed by atoms with van der Waals surface area (Å²) in [6, 6.07) is 10.1. The molecule has 3 aromatic heterocycles. The number of aromatic nitrogens is 5. The standard InChI is InChI=1S/C23H23N7S/c1-14(17-5-4-6-18-19(23(31)24-3)7-8-25-22(17)18)10-28-21-9-20(29-13-30-21)16-11-26-15(2)27-12-16/h4-9,11-14H,10H2,1-3H3,(H,24,31)(H,28,29,30)/t14-/m0/s1. The van der Waals surface area contributed by atoms with Crippen molar-refractivity contribution in [2.75, 3.05) is 18.9 Å². The molecule has 31 heavy (non-hydrogen) atoms. The molecule has 4 aromatic rings. The third-order valence-electron chi connectivity index (χ3n) is 5.14. The molecule has 3 heterocycles. The van der Waals surface area contributed by atoms with Crippen molar-refractivity contribution >= 4 is 33.9 Å². The molecule has 1 aromatic carbocycles. The molecule has 7 nitrogen and oxygen atoms in total. The van der Waals surface area contributed by atoms with E-state index in [1.165, 1.54) is 0 Å². The minimum atomic E-state index is 0.204. The van der Waals surface area contributed by atoms with Gasteiger partial charge in [-0.25, -0.2) is 19.9 Å². The highest BCUT2D eigenvalue weighted by atomic mass is 32.1. The molecular weight excluding hydrogens is 406 g/mol. The first-order valence-corrected chi connectivity index (χ1v) is 10.4. The average Bonchev–Trinajstić information content (AvgIpc) is 2.82. The van der Waals surface area contributed by atoms with E-state index in [0.29, 0.717) is 11.5 Å². The molecule has 8 heteroatoms. The smallest absolute Gasteiger partial charge is 0.129 e. The van der Waals surface area contributed by atoms with Gasteiger partial charge in [0.1, 0.15) is 23.0 Å². The van der Waals surface area contributed by atoms with Gasteiger partial charge in [0.05, 0.1) is 11.2 Å². The maximum absolute atomic E-state index is 5.46. The van der Waals surface area contributed by atoms with Gasteiger partial charge in [-0.1, -0.05) is 37.3 Å². The van der Waals surface area contributed by atoms with Gasteiger partial charge in [-0.15, -0.1) is 0 Å². The van der Waals surface area contributed by atoms with E-state index in [1.807, 2.05) is 32.3 Å². The molecule has 0 bridgehead atoms. The van der Waals surface area contributed by atoms with E-state index < -0.39 is 0 Å². The fourth-order valence-electron chi connectivity index (χ4n) is 3.43. The number of rotatable bonds is 6. The molecule has 0 aliphatic rings. The van der Waals surface area contributed by atoms with Crippen LogP contribution in [0.2, 0.25) is 0 Å². The summed E-state index contributed by atoms with van der Waals surface area (Å²) in [7, 11) is 1.84. The number of fused-ring (bicyclic) bond motifs is 1. The predicted molar refractivity (Wildman–Crippen MR) is 127 cm³/mol. The van der Waals surface area contributed by atoms with Crippen molar-refractivity contribution in [3.63, 3.8) is 0 Å². The molecule has 2 N–H and O–H groups in total. The summed E-state index contributed by atoms with van der Waals surface area (Å²) in [5.41, 5.74) is 4.75. The first kappa shape index (κ1) is 20.7. The summed E-state index contributed by atoms with van der Waals surface area (Å²) in [4.78, 5) is 22.5. The van der Waals surface area contributed by atoms with E-state index in [2.05, 4.69) is 60.7 Å². The van der Waals surface area contributed by atoms with Gasteiger partial charge in [-0.2, -0.15) is 0 Å². The van der Waals surface area contributed by atoms with E-state index in [4.69, 9.17) is 12.2 Å². The molecule has 0 saturated carbocycles. The van der Waals surface area contributed by atoms with Crippen molar-refractivity contribution in [1.82, 2.24) is 30.2 Å². The minimum Gasteiger partial charge on any atom is -0.379 e. The van der Waals surface area contributed by atoms with Crippen molar-refractivity contribution in [2.24, 2.45) is 0 Å². The molecule has 0 amide bonds. The Kier molecular flexibility index (Phi) is 6.08. The van der Waals surface area contributed by atoms with Crippen LogP contribution in [0.5, 0.6) is 0 Å². The fraction of sp³-hybridized carbons (Fsp3) is 0.217. The third-order valence-corrected chi connectivity index (χ3v) is 5.56. The van der Waals surface area contributed by atoms with Crippen molar-refractivity contribution in [3.05, 3.63) is 72.2 Å². The molecule has 0 aliphatic heterocycles. The maximum Gasteiger partial charge on any atom is 0.129 e. The lowest BCUT2D eigenvalue weighted by molar-refractivity contribution is 0.805. The highest BCUT2D eigenvalue weighted by molar-refractivity contribution is 7.80. The monoisotopic (exact) mass is 429 g/mol. The van der Waals surface area contributed by atoms with Gasteiger partial charge in [0.25, 0.3) is 0 Å². The Morgan fingerprint density at radius 3 is 2.65 bits per heavy atom.